The van der Waals surface area contributed by atoms with E-state index in [2.05, 4.69) is 4.98 Å². The predicted octanol–water partition coefficient (Wildman–Crippen LogP) is 3.97. The average molecular weight is 390 g/mol. The number of pyridine rings is 1. The van der Waals surface area contributed by atoms with Crippen LogP contribution in [0.1, 0.15) is 39.9 Å². The van der Waals surface area contributed by atoms with Crippen LogP contribution >= 0.6 is 0 Å². The third kappa shape index (κ3) is 4.40. The Bertz CT molecular complexity index is 1100. The molecule has 1 unspecified atom stereocenters. The van der Waals surface area contributed by atoms with Gasteiger partial charge in [-0.25, -0.2) is 0 Å². The maximum atomic E-state index is 13.3. The number of nitrogens with zero attached hydrogens (tertiary/aromatic N) is 1. The summed E-state index contributed by atoms with van der Waals surface area (Å²) in [5, 5.41) is 0.963. The summed E-state index contributed by atoms with van der Waals surface area (Å²) in [5.41, 5.74) is 4.01. The fourth-order valence-corrected chi connectivity index (χ4v) is 3.90. The summed E-state index contributed by atoms with van der Waals surface area (Å²) in [6, 6.07) is 15.4. The molecule has 2 heterocycles. The van der Waals surface area contributed by atoms with Crippen molar-refractivity contribution in [2.24, 2.45) is 0 Å². The van der Waals surface area contributed by atoms with Crippen molar-refractivity contribution in [1.82, 2.24) is 9.88 Å². The second kappa shape index (κ2) is 8.21. The first-order valence-corrected chi connectivity index (χ1v) is 10.1. The molecular weight excluding hydrogens is 364 g/mol. The Kier molecular flexibility index (Phi) is 5.49. The molecule has 1 amide bonds. The Labute approximate surface area is 170 Å². The van der Waals surface area contributed by atoms with Gasteiger partial charge in [0, 0.05) is 29.8 Å². The molecule has 4 rings (SSSR count). The molecule has 1 aliphatic rings. The Hall–Kier alpha value is -2.92. The van der Waals surface area contributed by atoms with Crippen LogP contribution in [0.5, 0.6) is 0 Å². The molecule has 0 aliphatic carbocycles. The Morgan fingerprint density at radius 3 is 2.72 bits per heavy atom. The van der Waals surface area contributed by atoms with E-state index in [-0.39, 0.29) is 24.1 Å². The topological polar surface area (TPSA) is 62.4 Å². The number of nitrogens with one attached hydrogen (secondary N) is 1. The molecule has 0 saturated carbocycles. The maximum absolute atomic E-state index is 13.3. The van der Waals surface area contributed by atoms with E-state index in [1.807, 2.05) is 62.4 Å². The fraction of sp³-hybridized carbons (Fsp3) is 0.333. The first-order valence-electron chi connectivity index (χ1n) is 10.1. The van der Waals surface area contributed by atoms with Gasteiger partial charge in [0.2, 0.25) is 0 Å². The first kappa shape index (κ1) is 19.4. The largest absolute Gasteiger partial charge is 0.376 e. The average Bonchev–Trinajstić information content (AvgIpc) is 3.20. The second-order valence-corrected chi connectivity index (χ2v) is 7.90. The predicted molar refractivity (Wildman–Crippen MR) is 114 cm³/mol. The van der Waals surface area contributed by atoms with Crippen molar-refractivity contribution in [1.29, 1.82) is 0 Å². The summed E-state index contributed by atoms with van der Waals surface area (Å²) < 4.78 is 5.76. The summed E-state index contributed by atoms with van der Waals surface area (Å²) >= 11 is 0. The van der Waals surface area contributed by atoms with E-state index in [1.54, 1.807) is 4.90 Å². The van der Waals surface area contributed by atoms with E-state index < -0.39 is 0 Å². The van der Waals surface area contributed by atoms with Crippen molar-refractivity contribution in [2.45, 2.75) is 39.3 Å². The first-order chi connectivity index (χ1) is 14.0. The summed E-state index contributed by atoms with van der Waals surface area (Å²) in [6.07, 6.45) is 1.96. The van der Waals surface area contributed by atoms with E-state index in [0.717, 1.165) is 41.5 Å². The van der Waals surface area contributed by atoms with E-state index in [0.29, 0.717) is 17.7 Å². The minimum absolute atomic E-state index is 0.0194. The highest BCUT2D eigenvalue weighted by Crippen LogP contribution is 2.19. The molecule has 3 aromatic rings. The van der Waals surface area contributed by atoms with Gasteiger partial charge < -0.3 is 14.6 Å². The molecule has 2 aromatic carbocycles. The highest BCUT2D eigenvalue weighted by atomic mass is 16.5. The number of hydrogen-bond acceptors (Lipinski definition) is 3. The molecule has 1 atom stereocenters. The molecule has 1 fully saturated rings. The van der Waals surface area contributed by atoms with Gasteiger partial charge in [-0.05, 0) is 61.9 Å². The Morgan fingerprint density at radius 2 is 1.97 bits per heavy atom. The molecule has 1 aromatic heterocycles. The summed E-state index contributed by atoms with van der Waals surface area (Å²) in [5.74, 6) is -0.0763. The minimum Gasteiger partial charge on any atom is -0.376 e. The number of aryl methyl sites for hydroxylation is 2. The molecule has 5 heteroatoms. The summed E-state index contributed by atoms with van der Waals surface area (Å²) in [6.45, 7) is 5.43. The SMILES string of the molecule is Cc1cccc(C(=O)N(Cc2cc3ccc(C)cc3[nH]c2=O)CC2CCCO2)c1. The van der Waals surface area contributed by atoms with Crippen LogP contribution in [-0.4, -0.2) is 35.0 Å². The quantitative estimate of drug-likeness (QED) is 0.717. The number of amides is 1. The molecule has 1 saturated heterocycles. The molecule has 1 aliphatic heterocycles. The number of carbonyl (C=O) groups excluding carboxylic acids is 1. The molecular formula is C24H26N2O3. The molecule has 5 nitrogen and oxygen atoms in total. The van der Waals surface area contributed by atoms with E-state index in [1.165, 1.54) is 0 Å². The molecule has 29 heavy (non-hydrogen) atoms. The molecule has 0 spiro atoms. The Morgan fingerprint density at radius 1 is 1.14 bits per heavy atom. The lowest BCUT2D eigenvalue weighted by Crippen LogP contribution is -2.38. The number of ether oxygens (including phenoxy) is 1. The lowest BCUT2D eigenvalue weighted by atomic mass is 10.1. The number of H-pyrrole nitrogens is 1. The molecule has 0 bridgehead atoms. The van der Waals surface area contributed by atoms with Crippen molar-refractivity contribution < 1.29 is 9.53 Å². The number of fused-ring (bicyclic) bond motifs is 1. The van der Waals surface area contributed by atoms with Crippen molar-refractivity contribution in [3.63, 3.8) is 0 Å². The third-order valence-corrected chi connectivity index (χ3v) is 5.44. The van der Waals surface area contributed by atoms with E-state index in [9.17, 15) is 9.59 Å². The summed E-state index contributed by atoms with van der Waals surface area (Å²) in [4.78, 5) is 30.7. The van der Waals surface area contributed by atoms with E-state index >= 15 is 0 Å². The van der Waals surface area contributed by atoms with Gasteiger partial charge in [0.25, 0.3) is 11.5 Å². The number of hydrogen-bond donors (Lipinski definition) is 1. The van der Waals surface area contributed by atoms with Crippen LogP contribution in [0.25, 0.3) is 10.9 Å². The lowest BCUT2D eigenvalue weighted by molar-refractivity contribution is 0.0506. The van der Waals surface area contributed by atoms with Gasteiger partial charge in [0.1, 0.15) is 0 Å². The summed E-state index contributed by atoms with van der Waals surface area (Å²) in [7, 11) is 0. The lowest BCUT2D eigenvalue weighted by Gasteiger charge is -2.25. The highest BCUT2D eigenvalue weighted by molar-refractivity contribution is 5.94. The number of benzene rings is 2. The molecule has 1 N–H and O–H groups in total. The van der Waals surface area contributed by atoms with Crippen molar-refractivity contribution in [2.75, 3.05) is 13.2 Å². The van der Waals surface area contributed by atoms with E-state index in [4.69, 9.17) is 4.74 Å². The van der Waals surface area contributed by atoms with Gasteiger partial charge in [-0.15, -0.1) is 0 Å². The van der Waals surface area contributed by atoms with Gasteiger partial charge in [-0.3, -0.25) is 9.59 Å². The van der Waals surface area contributed by atoms with Crippen LogP contribution in [0.3, 0.4) is 0 Å². The zero-order valence-corrected chi connectivity index (χ0v) is 16.9. The van der Waals surface area contributed by atoms with Gasteiger partial charge in [0.15, 0.2) is 0 Å². The molecule has 150 valence electrons. The number of rotatable bonds is 5. The zero-order chi connectivity index (χ0) is 20.4. The molecule has 0 radical (unpaired) electrons. The number of aromatic amines is 1. The normalized spacial score (nSPS) is 16.3. The monoisotopic (exact) mass is 390 g/mol. The van der Waals surface area contributed by atoms with Crippen LogP contribution in [0.4, 0.5) is 0 Å². The van der Waals surface area contributed by atoms with Gasteiger partial charge >= 0.3 is 0 Å². The third-order valence-electron chi connectivity index (χ3n) is 5.44. The van der Waals surface area contributed by atoms with Crippen molar-refractivity contribution >= 4 is 16.8 Å². The van der Waals surface area contributed by atoms with Gasteiger partial charge in [-0.1, -0.05) is 29.8 Å². The van der Waals surface area contributed by atoms with Crippen LogP contribution < -0.4 is 5.56 Å². The van der Waals surface area contributed by atoms with Crippen molar-refractivity contribution in [3.05, 3.63) is 81.1 Å². The number of carbonyl (C=O) groups is 1. The van der Waals surface area contributed by atoms with Gasteiger partial charge in [-0.2, -0.15) is 0 Å². The Balaban J connectivity index is 1.66. The van der Waals surface area contributed by atoms with Crippen LogP contribution in [0.2, 0.25) is 0 Å². The van der Waals surface area contributed by atoms with Gasteiger partial charge in [0.05, 0.1) is 12.6 Å². The zero-order valence-electron chi connectivity index (χ0n) is 16.9. The second-order valence-electron chi connectivity index (χ2n) is 7.90. The van der Waals surface area contributed by atoms with Crippen LogP contribution in [0, 0.1) is 13.8 Å². The maximum Gasteiger partial charge on any atom is 0.254 e. The van der Waals surface area contributed by atoms with Crippen LogP contribution in [-0.2, 0) is 11.3 Å². The highest BCUT2D eigenvalue weighted by Gasteiger charge is 2.24. The smallest absolute Gasteiger partial charge is 0.254 e. The van der Waals surface area contributed by atoms with Crippen molar-refractivity contribution in [3.8, 4) is 0 Å². The number of aromatic nitrogens is 1. The minimum atomic E-state index is -0.155. The van der Waals surface area contributed by atoms with Crippen LogP contribution in [0.15, 0.2) is 53.3 Å². The fourth-order valence-electron chi connectivity index (χ4n) is 3.90. The standard InChI is InChI=1S/C24H26N2O3/c1-16-5-3-6-19(11-16)24(28)26(15-21-7-4-10-29-21)14-20-13-18-9-8-17(2)12-22(18)25-23(20)27/h3,5-6,8-9,11-13,21H,4,7,10,14-15H2,1-2H3,(H,25,27).